The number of piperazine rings is 1. The van der Waals surface area contributed by atoms with Gasteiger partial charge in [0.1, 0.15) is 0 Å². The lowest BCUT2D eigenvalue weighted by Crippen LogP contribution is -2.46. The highest BCUT2D eigenvalue weighted by Crippen LogP contribution is 2.25. The molecule has 1 aliphatic rings. The van der Waals surface area contributed by atoms with Crippen LogP contribution in [0.4, 0.5) is 5.69 Å². The van der Waals surface area contributed by atoms with Crippen LogP contribution >= 0.6 is 15.9 Å². The second kappa shape index (κ2) is 6.25. The monoisotopic (exact) mass is 326 g/mol. The van der Waals surface area contributed by atoms with Crippen LogP contribution in [0.25, 0.3) is 0 Å². The van der Waals surface area contributed by atoms with Gasteiger partial charge in [-0.25, -0.2) is 0 Å². The van der Waals surface area contributed by atoms with Gasteiger partial charge in [-0.3, -0.25) is 0 Å². The van der Waals surface area contributed by atoms with Gasteiger partial charge in [-0.15, -0.1) is 0 Å². The van der Waals surface area contributed by atoms with Gasteiger partial charge in [-0.2, -0.15) is 0 Å². The third kappa shape index (κ3) is 3.19. The van der Waals surface area contributed by atoms with Gasteiger partial charge in [0.05, 0.1) is 0 Å². The summed E-state index contributed by atoms with van der Waals surface area (Å²) in [6.45, 7) is 7.27. The highest BCUT2D eigenvalue weighted by Gasteiger charge is 2.19. The Labute approximate surface area is 121 Å². The fourth-order valence-corrected chi connectivity index (χ4v) is 2.71. The predicted molar refractivity (Wildman–Crippen MR) is 81.0 cm³/mol. The minimum atomic E-state index is 0.147. The molecule has 0 aromatic heterocycles. The third-order valence-corrected chi connectivity index (χ3v) is 4.00. The number of amidine groups is 1. The molecule has 1 saturated heterocycles. The van der Waals surface area contributed by atoms with Crippen LogP contribution in [-0.4, -0.2) is 48.7 Å². The average Bonchev–Trinajstić information content (AvgIpc) is 2.46. The molecule has 0 bridgehead atoms. The summed E-state index contributed by atoms with van der Waals surface area (Å²) in [7, 11) is 0. The molecule has 0 spiro atoms. The van der Waals surface area contributed by atoms with Crippen molar-refractivity contribution in [2.75, 3.05) is 37.6 Å². The van der Waals surface area contributed by atoms with E-state index in [4.69, 9.17) is 10.9 Å². The zero-order valence-corrected chi connectivity index (χ0v) is 12.6. The van der Waals surface area contributed by atoms with E-state index in [-0.39, 0.29) is 5.84 Å². The van der Waals surface area contributed by atoms with E-state index in [0.29, 0.717) is 0 Å². The summed E-state index contributed by atoms with van der Waals surface area (Å²) in [5.74, 6) is 0.147. The number of oxime groups is 1. The number of nitrogens with two attached hydrogens (primary N) is 1. The summed E-state index contributed by atoms with van der Waals surface area (Å²) in [4.78, 5) is 4.70. The Hall–Kier alpha value is -1.27. The number of likely N-dealkylation sites (N-methyl/N-ethyl adjacent to an activating group) is 1. The zero-order valence-electron chi connectivity index (χ0n) is 11.0. The smallest absolute Gasteiger partial charge is 0.172 e. The predicted octanol–water partition coefficient (Wildman–Crippen LogP) is 1.69. The first-order chi connectivity index (χ1) is 9.15. The molecule has 19 heavy (non-hydrogen) atoms. The van der Waals surface area contributed by atoms with Crippen LogP contribution in [0.3, 0.4) is 0 Å². The summed E-state index contributed by atoms with van der Waals surface area (Å²) in [5.41, 5.74) is 7.55. The molecule has 0 saturated carbocycles. The standard InChI is InChI=1S/C13H19BrN4O/c1-2-17-5-7-18(8-6-17)12-4-3-10(14)9-11(12)13(15)16-19/h3-4,9,19H,2,5-8H2,1H3,(H2,15,16). The van der Waals surface area contributed by atoms with Gasteiger partial charge in [0.25, 0.3) is 0 Å². The molecular weight excluding hydrogens is 308 g/mol. The highest BCUT2D eigenvalue weighted by atomic mass is 79.9. The van der Waals surface area contributed by atoms with Crippen LogP contribution in [0.1, 0.15) is 12.5 Å². The van der Waals surface area contributed by atoms with Crippen molar-refractivity contribution in [1.29, 1.82) is 0 Å². The molecule has 1 heterocycles. The Bertz CT molecular complexity index is 470. The molecule has 2 rings (SSSR count). The first-order valence-electron chi connectivity index (χ1n) is 6.40. The van der Waals surface area contributed by atoms with Gasteiger partial charge in [0.2, 0.25) is 0 Å². The Balaban J connectivity index is 2.25. The van der Waals surface area contributed by atoms with E-state index in [1.54, 1.807) is 0 Å². The minimum Gasteiger partial charge on any atom is -0.409 e. The molecule has 3 N–H and O–H groups in total. The van der Waals surface area contributed by atoms with Crippen LogP contribution < -0.4 is 10.6 Å². The van der Waals surface area contributed by atoms with Gasteiger partial charge in [0, 0.05) is 41.9 Å². The second-order valence-corrected chi connectivity index (χ2v) is 5.48. The molecule has 0 aliphatic carbocycles. The van der Waals surface area contributed by atoms with Crippen molar-refractivity contribution in [2.45, 2.75) is 6.92 Å². The van der Waals surface area contributed by atoms with E-state index < -0.39 is 0 Å². The molecule has 6 heteroatoms. The third-order valence-electron chi connectivity index (χ3n) is 3.50. The largest absolute Gasteiger partial charge is 0.409 e. The van der Waals surface area contributed by atoms with Crippen LogP contribution in [0, 0.1) is 0 Å². The van der Waals surface area contributed by atoms with Gasteiger partial charge >= 0.3 is 0 Å². The van der Waals surface area contributed by atoms with Crippen LogP contribution in [0.15, 0.2) is 27.8 Å². The normalized spacial score (nSPS) is 17.8. The topological polar surface area (TPSA) is 65.1 Å². The van der Waals surface area contributed by atoms with Crippen LogP contribution in [-0.2, 0) is 0 Å². The van der Waals surface area contributed by atoms with Crippen molar-refractivity contribution in [1.82, 2.24) is 4.90 Å². The Morgan fingerprint density at radius 2 is 2.05 bits per heavy atom. The molecule has 1 aromatic rings. The zero-order chi connectivity index (χ0) is 13.8. The van der Waals surface area contributed by atoms with Crippen molar-refractivity contribution in [2.24, 2.45) is 10.9 Å². The molecule has 0 unspecified atom stereocenters. The Morgan fingerprint density at radius 3 is 2.63 bits per heavy atom. The van der Waals surface area contributed by atoms with E-state index in [2.05, 4.69) is 37.8 Å². The fraction of sp³-hybridized carbons (Fsp3) is 0.462. The number of nitrogens with zero attached hydrogens (tertiary/aromatic N) is 3. The first kappa shape index (κ1) is 14.1. The van der Waals surface area contributed by atoms with E-state index in [1.807, 2.05) is 18.2 Å². The maximum atomic E-state index is 8.90. The van der Waals surface area contributed by atoms with Crippen molar-refractivity contribution >= 4 is 27.5 Å². The Morgan fingerprint density at radius 1 is 1.37 bits per heavy atom. The molecule has 1 aromatic carbocycles. The minimum absolute atomic E-state index is 0.147. The number of hydrogen-bond donors (Lipinski definition) is 2. The summed E-state index contributed by atoms with van der Waals surface area (Å²) in [5, 5.41) is 12.0. The molecule has 5 nitrogen and oxygen atoms in total. The molecule has 0 atom stereocenters. The number of halogens is 1. The molecule has 1 aliphatic heterocycles. The number of hydrogen-bond acceptors (Lipinski definition) is 4. The summed E-state index contributed by atoms with van der Waals surface area (Å²) in [6.07, 6.45) is 0. The van der Waals surface area contributed by atoms with E-state index in [1.165, 1.54) is 0 Å². The number of anilines is 1. The van der Waals surface area contributed by atoms with Gasteiger partial charge in [-0.1, -0.05) is 28.0 Å². The van der Waals surface area contributed by atoms with Crippen LogP contribution in [0.5, 0.6) is 0 Å². The summed E-state index contributed by atoms with van der Waals surface area (Å²) in [6, 6.07) is 5.88. The molecule has 0 amide bonds. The molecular formula is C13H19BrN4O. The lowest BCUT2D eigenvalue weighted by atomic mass is 10.1. The number of rotatable bonds is 3. The molecule has 1 fully saturated rings. The maximum absolute atomic E-state index is 8.90. The lowest BCUT2D eigenvalue weighted by Gasteiger charge is -2.36. The number of benzene rings is 1. The SMILES string of the molecule is CCN1CCN(c2ccc(Br)cc2/C(N)=N/O)CC1. The van der Waals surface area contributed by atoms with Crippen molar-refractivity contribution in [3.05, 3.63) is 28.2 Å². The van der Waals surface area contributed by atoms with Gasteiger partial charge in [-0.05, 0) is 24.7 Å². The Kier molecular flexibility index (Phi) is 4.66. The van der Waals surface area contributed by atoms with E-state index in [9.17, 15) is 0 Å². The van der Waals surface area contributed by atoms with Crippen molar-refractivity contribution in [3.8, 4) is 0 Å². The van der Waals surface area contributed by atoms with Crippen molar-refractivity contribution in [3.63, 3.8) is 0 Å². The van der Waals surface area contributed by atoms with Crippen molar-refractivity contribution < 1.29 is 5.21 Å². The maximum Gasteiger partial charge on any atom is 0.172 e. The molecule has 104 valence electrons. The van der Waals surface area contributed by atoms with E-state index >= 15 is 0 Å². The summed E-state index contributed by atoms with van der Waals surface area (Å²) < 4.78 is 0.921. The lowest BCUT2D eigenvalue weighted by molar-refractivity contribution is 0.271. The average molecular weight is 327 g/mol. The first-order valence-corrected chi connectivity index (χ1v) is 7.19. The second-order valence-electron chi connectivity index (χ2n) is 4.57. The molecule has 0 radical (unpaired) electrons. The summed E-state index contributed by atoms with van der Waals surface area (Å²) >= 11 is 3.42. The van der Waals surface area contributed by atoms with Gasteiger partial charge in [0.15, 0.2) is 5.84 Å². The highest BCUT2D eigenvalue weighted by molar-refractivity contribution is 9.10. The van der Waals surface area contributed by atoms with E-state index in [0.717, 1.165) is 48.4 Å². The quantitative estimate of drug-likeness (QED) is 0.384. The fourth-order valence-electron chi connectivity index (χ4n) is 2.35. The van der Waals surface area contributed by atoms with Crippen LogP contribution in [0.2, 0.25) is 0 Å². The van der Waals surface area contributed by atoms with Gasteiger partial charge < -0.3 is 20.7 Å².